The lowest BCUT2D eigenvalue weighted by atomic mass is 9.64. The van der Waals surface area contributed by atoms with E-state index in [9.17, 15) is 4.79 Å². The molecule has 1 atom stereocenters. The number of amides is 1. The zero-order valence-corrected chi connectivity index (χ0v) is 18.7. The lowest BCUT2D eigenvalue weighted by Crippen LogP contribution is -2.45. The number of aryl methyl sites for hydroxylation is 1. The van der Waals surface area contributed by atoms with E-state index >= 15 is 0 Å². The highest BCUT2D eigenvalue weighted by Crippen LogP contribution is 2.48. The maximum Gasteiger partial charge on any atom is 0.227 e. The highest BCUT2D eigenvalue weighted by Gasteiger charge is 2.45. The van der Waals surface area contributed by atoms with E-state index in [4.69, 9.17) is 16.0 Å². The van der Waals surface area contributed by atoms with Gasteiger partial charge in [0.2, 0.25) is 17.7 Å². The third-order valence-corrected chi connectivity index (χ3v) is 7.12. The standard InChI is InChI=1S/C23H31ClN4O2/c1-27-15-4-3-6-19(27)16-28(2)21(29)12-11-20-25-26-22(30-20)23(13-5-14-23)17-7-9-18(24)10-8-17/h7-10,19H,3-6,11-16H2,1-2H3. The molecule has 4 rings (SSSR count). The van der Waals surface area contributed by atoms with Crippen molar-refractivity contribution in [3.8, 4) is 0 Å². The van der Waals surface area contributed by atoms with E-state index in [0.29, 0.717) is 30.7 Å². The van der Waals surface area contributed by atoms with Gasteiger partial charge in [0.15, 0.2) is 0 Å². The maximum absolute atomic E-state index is 12.6. The first kappa shape index (κ1) is 21.3. The minimum atomic E-state index is -0.206. The summed E-state index contributed by atoms with van der Waals surface area (Å²) in [4.78, 5) is 16.8. The normalized spacial score (nSPS) is 21.2. The lowest BCUT2D eigenvalue weighted by Gasteiger charge is -2.39. The van der Waals surface area contributed by atoms with Gasteiger partial charge in [-0.3, -0.25) is 4.79 Å². The smallest absolute Gasteiger partial charge is 0.227 e. The largest absolute Gasteiger partial charge is 0.424 e. The van der Waals surface area contributed by atoms with Crippen LogP contribution in [0.2, 0.25) is 5.02 Å². The molecule has 1 saturated heterocycles. The number of halogens is 1. The highest BCUT2D eigenvalue weighted by molar-refractivity contribution is 6.30. The SMILES string of the molecule is CN(CC1CCCCN1C)C(=O)CCc1nnc(C2(c3ccc(Cl)cc3)CCC2)o1. The van der Waals surface area contributed by atoms with Crippen molar-refractivity contribution < 1.29 is 9.21 Å². The second-order valence-corrected chi connectivity index (χ2v) is 9.28. The number of hydrogen-bond acceptors (Lipinski definition) is 5. The molecule has 7 heteroatoms. The molecule has 162 valence electrons. The van der Waals surface area contributed by atoms with E-state index < -0.39 is 0 Å². The number of carbonyl (C=O) groups is 1. The fourth-order valence-corrected chi connectivity index (χ4v) is 4.80. The molecule has 30 heavy (non-hydrogen) atoms. The first-order valence-corrected chi connectivity index (χ1v) is 11.4. The minimum Gasteiger partial charge on any atom is -0.424 e. The van der Waals surface area contributed by atoms with Crippen LogP contribution in [0.4, 0.5) is 0 Å². The van der Waals surface area contributed by atoms with E-state index in [2.05, 4.69) is 22.1 Å². The zero-order valence-electron chi connectivity index (χ0n) is 17.9. The molecule has 2 aromatic rings. The summed E-state index contributed by atoms with van der Waals surface area (Å²) in [6.07, 6.45) is 7.65. The molecule has 0 N–H and O–H groups in total. The van der Waals surface area contributed by atoms with Gasteiger partial charge in [0, 0.05) is 37.5 Å². The average Bonchev–Trinajstić information content (AvgIpc) is 3.17. The molecule has 2 heterocycles. The number of nitrogens with zero attached hydrogens (tertiary/aromatic N) is 4. The summed E-state index contributed by atoms with van der Waals surface area (Å²) in [7, 11) is 4.05. The van der Waals surface area contributed by atoms with Crippen molar-refractivity contribution in [2.24, 2.45) is 0 Å². The second-order valence-electron chi connectivity index (χ2n) is 8.85. The van der Waals surface area contributed by atoms with Gasteiger partial charge in [-0.2, -0.15) is 0 Å². The van der Waals surface area contributed by atoms with E-state index in [1.807, 2.05) is 36.2 Å². The van der Waals surface area contributed by atoms with Gasteiger partial charge in [-0.05, 0) is 57.0 Å². The molecule has 1 aliphatic carbocycles. The molecule has 6 nitrogen and oxygen atoms in total. The van der Waals surface area contributed by atoms with Crippen LogP contribution in [0, 0.1) is 0 Å². The minimum absolute atomic E-state index is 0.129. The molecule has 1 aromatic carbocycles. The van der Waals surface area contributed by atoms with E-state index in [1.165, 1.54) is 18.4 Å². The van der Waals surface area contributed by atoms with Crippen molar-refractivity contribution in [3.05, 3.63) is 46.6 Å². The van der Waals surface area contributed by atoms with E-state index in [1.54, 1.807) is 0 Å². The number of carbonyl (C=O) groups excluding carboxylic acids is 1. The summed E-state index contributed by atoms with van der Waals surface area (Å²) in [5, 5.41) is 9.32. The monoisotopic (exact) mass is 430 g/mol. The Hall–Kier alpha value is -1.92. The molecule has 1 unspecified atom stereocenters. The fourth-order valence-electron chi connectivity index (χ4n) is 4.67. The van der Waals surface area contributed by atoms with Gasteiger partial charge in [0.05, 0.1) is 5.41 Å². The number of likely N-dealkylation sites (N-methyl/N-ethyl adjacent to an activating group) is 2. The molecule has 1 aliphatic heterocycles. The summed E-state index contributed by atoms with van der Waals surface area (Å²) < 4.78 is 6.04. The predicted molar refractivity (Wildman–Crippen MR) is 117 cm³/mol. The number of piperidine rings is 1. The van der Waals surface area contributed by atoms with Crippen LogP contribution in [0.15, 0.2) is 28.7 Å². The van der Waals surface area contributed by atoms with Crippen molar-refractivity contribution in [2.45, 2.75) is 62.8 Å². The van der Waals surface area contributed by atoms with Crippen LogP contribution in [0.5, 0.6) is 0 Å². The third-order valence-electron chi connectivity index (χ3n) is 6.86. The Balaban J connectivity index is 1.35. The van der Waals surface area contributed by atoms with Crippen LogP contribution in [0.3, 0.4) is 0 Å². The number of aromatic nitrogens is 2. The summed E-state index contributed by atoms with van der Waals surface area (Å²) in [6, 6.07) is 8.37. The molecule has 1 saturated carbocycles. The van der Waals surface area contributed by atoms with Crippen LogP contribution in [0.25, 0.3) is 0 Å². The third kappa shape index (κ3) is 4.40. The molecule has 1 aromatic heterocycles. The zero-order chi connectivity index (χ0) is 21.1. The van der Waals surface area contributed by atoms with Crippen LogP contribution < -0.4 is 0 Å². The maximum atomic E-state index is 12.6. The van der Waals surface area contributed by atoms with E-state index in [-0.39, 0.29) is 11.3 Å². The Morgan fingerprint density at radius 3 is 2.67 bits per heavy atom. The summed E-state index contributed by atoms with van der Waals surface area (Å²) in [5.41, 5.74) is 0.961. The number of hydrogen-bond donors (Lipinski definition) is 0. The Morgan fingerprint density at radius 2 is 2.00 bits per heavy atom. The lowest BCUT2D eigenvalue weighted by molar-refractivity contribution is -0.130. The molecular formula is C23H31ClN4O2. The second kappa shape index (κ2) is 9.06. The van der Waals surface area contributed by atoms with Gasteiger partial charge in [-0.1, -0.05) is 36.6 Å². The summed E-state index contributed by atoms with van der Waals surface area (Å²) in [6.45, 7) is 1.90. The summed E-state index contributed by atoms with van der Waals surface area (Å²) >= 11 is 6.05. The Kier molecular flexibility index (Phi) is 6.44. The van der Waals surface area contributed by atoms with Gasteiger partial charge < -0.3 is 14.2 Å². The number of likely N-dealkylation sites (tertiary alicyclic amines) is 1. The Bertz CT molecular complexity index is 862. The molecule has 1 amide bonds. The van der Waals surface area contributed by atoms with Crippen molar-refractivity contribution in [3.63, 3.8) is 0 Å². The Morgan fingerprint density at radius 1 is 1.23 bits per heavy atom. The Labute approximate surface area is 183 Å². The molecule has 0 radical (unpaired) electrons. The predicted octanol–water partition coefficient (Wildman–Crippen LogP) is 4.07. The molecule has 0 spiro atoms. The first-order chi connectivity index (χ1) is 14.5. The van der Waals surface area contributed by atoms with Gasteiger partial charge in [-0.25, -0.2) is 0 Å². The average molecular weight is 431 g/mol. The molecule has 2 fully saturated rings. The number of benzene rings is 1. The van der Waals surface area contributed by atoms with Crippen LogP contribution in [-0.2, 0) is 16.6 Å². The van der Waals surface area contributed by atoms with Gasteiger partial charge >= 0.3 is 0 Å². The van der Waals surface area contributed by atoms with Crippen molar-refractivity contribution in [1.82, 2.24) is 20.0 Å². The van der Waals surface area contributed by atoms with Crippen LogP contribution >= 0.6 is 11.6 Å². The highest BCUT2D eigenvalue weighted by atomic mass is 35.5. The summed E-state index contributed by atoms with van der Waals surface area (Å²) in [5.74, 6) is 1.34. The van der Waals surface area contributed by atoms with Gasteiger partial charge in [0.1, 0.15) is 0 Å². The quantitative estimate of drug-likeness (QED) is 0.662. The van der Waals surface area contributed by atoms with E-state index in [0.717, 1.165) is 43.8 Å². The van der Waals surface area contributed by atoms with Gasteiger partial charge in [0.25, 0.3) is 0 Å². The van der Waals surface area contributed by atoms with Crippen molar-refractivity contribution in [1.29, 1.82) is 0 Å². The fraction of sp³-hybridized carbons (Fsp3) is 0.609. The van der Waals surface area contributed by atoms with Crippen molar-refractivity contribution in [2.75, 3.05) is 27.2 Å². The molecule has 0 bridgehead atoms. The number of rotatable bonds is 7. The van der Waals surface area contributed by atoms with Crippen LogP contribution in [0.1, 0.15) is 62.3 Å². The van der Waals surface area contributed by atoms with Gasteiger partial charge in [-0.15, -0.1) is 10.2 Å². The van der Waals surface area contributed by atoms with Crippen LogP contribution in [-0.4, -0.2) is 59.1 Å². The molecule has 2 aliphatic rings. The first-order valence-electron chi connectivity index (χ1n) is 11.0. The topological polar surface area (TPSA) is 62.5 Å². The van der Waals surface area contributed by atoms with Crippen molar-refractivity contribution >= 4 is 17.5 Å². The molecular weight excluding hydrogens is 400 g/mol.